The third-order valence-electron chi connectivity index (χ3n) is 3.68. The summed E-state index contributed by atoms with van der Waals surface area (Å²) in [5.74, 6) is 0.227. The van der Waals surface area contributed by atoms with Crippen molar-refractivity contribution in [3.63, 3.8) is 0 Å². The highest BCUT2D eigenvalue weighted by atomic mass is 79.9. The quantitative estimate of drug-likeness (QED) is 0.794. The monoisotopic (exact) mass is 392 g/mol. The lowest BCUT2D eigenvalue weighted by Gasteiger charge is -2.33. The van der Waals surface area contributed by atoms with Gasteiger partial charge in [-0.2, -0.15) is 0 Å². The molecule has 3 nitrogen and oxygen atoms in total. The minimum atomic E-state index is -0.0453. The smallest absolute Gasteiger partial charge is 0.235 e. The van der Waals surface area contributed by atoms with Crippen molar-refractivity contribution in [1.82, 2.24) is 10.2 Å². The molecular formula is C15H22BrClN2OS. The Bertz CT molecular complexity index is 451. The molecule has 0 aromatic heterocycles. The van der Waals surface area contributed by atoms with Crippen molar-refractivity contribution >= 4 is 46.0 Å². The van der Waals surface area contributed by atoms with E-state index in [-0.39, 0.29) is 23.6 Å². The van der Waals surface area contributed by atoms with Gasteiger partial charge < -0.3 is 10.2 Å². The van der Waals surface area contributed by atoms with Crippen LogP contribution in [-0.4, -0.2) is 42.2 Å². The van der Waals surface area contributed by atoms with Crippen LogP contribution in [0.15, 0.2) is 33.6 Å². The van der Waals surface area contributed by atoms with E-state index in [0.29, 0.717) is 6.04 Å². The van der Waals surface area contributed by atoms with Gasteiger partial charge in [0.1, 0.15) is 0 Å². The molecule has 1 amide bonds. The maximum Gasteiger partial charge on any atom is 0.235 e. The van der Waals surface area contributed by atoms with Crippen molar-refractivity contribution in [2.24, 2.45) is 0 Å². The number of hydrogen-bond acceptors (Lipinski definition) is 3. The van der Waals surface area contributed by atoms with E-state index in [1.807, 2.05) is 43.1 Å². The first kappa shape index (κ1) is 18.8. The summed E-state index contributed by atoms with van der Waals surface area (Å²) < 4.78 is 1.06. The Morgan fingerprint density at radius 2 is 1.90 bits per heavy atom. The van der Waals surface area contributed by atoms with Crippen LogP contribution < -0.4 is 5.32 Å². The van der Waals surface area contributed by atoms with Crippen molar-refractivity contribution in [2.75, 3.05) is 20.1 Å². The molecule has 2 rings (SSSR count). The molecule has 1 aromatic carbocycles. The number of nitrogens with zero attached hydrogens (tertiary/aromatic N) is 1. The first-order valence-electron chi connectivity index (χ1n) is 6.97. The second-order valence-corrected chi connectivity index (χ2v) is 7.47. The van der Waals surface area contributed by atoms with Gasteiger partial charge in [0.05, 0.1) is 5.25 Å². The fourth-order valence-corrected chi connectivity index (χ4v) is 3.66. The topological polar surface area (TPSA) is 32.3 Å². The number of benzene rings is 1. The Hall–Kier alpha value is -0.230. The molecule has 0 aliphatic carbocycles. The molecule has 1 aliphatic rings. The summed E-state index contributed by atoms with van der Waals surface area (Å²) in [5, 5.41) is 3.29. The van der Waals surface area contributed by atoms with Gasteiger partial charge in [-0.1, -0.05) is 15.9 Å². The number of amides is 1. The molecule has 21 heavy (non-hydrogen) atoms. The van der Waals surface area contributed by atoms with Gasteiger partial charge in [-0.25, -0.2) is 0 Å². The van der Waals surface area contributed by atoms with E-state index in [0.717, 1.165) is 35.3 Å². The van der Waals surface area contributed by atoms with E-state index in [1.165, 1.54) is 0 Å². The summed E-state index contributed by atoms with van der Waals surface area (Å²) in [7, 11) is 1.94. The first-order valence-corrected chi connectivity index (χ1v) is 8.65. The fraction of sp³-hybridized carbons (Fsp3) is 0.533. The molecule has 1 unspecified atom stereocenters. The lowest BCUT2D eigenvalue weighted by Crippen LogP contribution is -2.46. The summed E-state index contributed by atoms with van der Waals surface area (Å²) in [6.45, 7) is 4.01. The number of halogens is 2. The van der Waals surface area contributed by atoms with E-state index < -0.39 is 0 Å². The van der Waals surface area contributed by atoms with Crippen LogP contribution >= 0.6 is 40.1 Å². The van der Waals surface area contributed by atoms with Crippen LogP contribution in [0.3, 0.4) is 0 Å². The Morgan fingerprint density at radius 1 is 1.33 bits per heavy atom. The summed E-state index contributed by atoms with van der Waals surface area (Å²) >= 11 is 5.05. The van der Waals surface area contributed by atoms with Gasteiger partial charge >= 0.3 is 0 Å². The number of hydrogen-bond donors (Lipinski definition) is 1. The van der Waals surface area contributed by atoms with Crippen LogP contribution in [-0.2, 0) is 4.79 Å². The molecule has 1 saturated heterocycles. The van der Waals surface area contributed by atoms with Crippen LogP contribution in [0, 0.1) is 0 Å². The Kier molecular flexibility index (Phi) is 8.09. The largest absolute Gasteiger partial charge is 0.342 e. The van der Waals surface area contributed by atoms with Crippen molar-refractivity contribution in [1.29, 1.82) is 0 Å². The zero-order valence-corrected chi connectivity index (χ0v) is 15.6. The predicted octanol–water partition coefficient (Wildman–Crippen LogP) is 3.56. The first-order chi connectivity index (χ1) is 9.58. The van der Waals surface area contributed by atoms with Gasteiger partial charge in [-0.3, -0.25) is 4.79 Å². The van der Waals surface area contributed by atoms with Crippen molar-refractivity contribution in [2.45, 2.75) is 36.0 Å². The van der Waals surface area contributed by atoms with Crippen LogP contribution in [0.25, 0.3) is 0 Å². The molecule has 1 N–H and O–H groups in total. The zero-order valence-electron chi connectivity index (χ0n) is 12.3. The molecule has 1 aromatic rings. The highest BCUT2D eigenvalue weighted by Gasteiger charge is 2.25. The molecule has 1 heterocycles. The van der Waals surface area contributed by atoms with Gasteiger partial charge in [0.15, 0.2) is 0 Å². The molecular weight excluding hydrogens is 372 g/mol. The average Bonchev–Trinajstić information content (AvgIpc) is 2.49. The maximum atomic E-state index is 12.5. The fourth-order valence-electron chi connectivity index (χ4n) is 2.43. The molecule has 0 bridgehead atoms. The van der Waals surface area contributed by atoms with Crippen LogP contribution in [0.2, 0.25) is 0 Å². The molecule has 1 aliphatic heterocycles. The lowest BCUT2D eigenvalue weighted by atomic mass is 10.1. The standard InChI is InChI=1S/C15H21BrN2OS.ClH/c1-11(20-14-5-3-12(16)4-6-14)15(19)18(2)13-7-9-17-10-8-13;/h3-6,11,13,17H,7-10H2,1-2H3;1H. The highest BCUT2D eigenvalue weighted by molar-refractivity contribution is 9.10. The van der Waals surface area contributed by atoms with E-state index in [4.69, 9.17) is 0 Å². The minimum absolute atomic E-state index is 0. The van der Waals surface area contributed by atoms with Crippen LogP contribution in [0.4, 0.5) is 0 Å². The van der Waals surface area contributed by atoms with Crippen molar-refractivity contribution in [3.05, 3.63) is 28.7 Å². The summed E-state index contributed by atoms with van der Waals surface area (Å²) in [6.07, 6.45) is 2.11. The Morgan fingerprint density at radius 3 is 2.48 bits per heavy atom. The molecule has 0 radical (unpaired) electrons. The third-order valence-corrected chi connectivity index (χ3v) is 5.31. The van der Waals surface area contributed by atoms with Crippen LogP contribution in [0.5, 0.6) is 0 Å². The number of carbonyl (C=O) groups excluding carboxylic acids is 1. The van der Waals surface area contributed by atoms with E-state index in [2.05, 4.69) is 21.2 Å². The van der Waals surface area contributed by atoms with Gasteiger partial charge in [0.2, 0.25) is 5.91 Å². The molecule has 118 valence electrons. The van der Waals surface area contributed by atoms with Crippen LogP contribution in [0.1, 0.15) is 19.8 Å². The average molecular weight is 394 g/mol. The van der Waals surface area contributed by atoms with Crippen molar-refractivity contribution in [3.8, 4) is 0 Å². The maximum absolute atomic E-state index is 12.5. The zero-order chi connectivity index (χ0) is 14.5. The molecule has 1 fully saturated rings. The van der Waals surface area contributed by atoms with E-state index in [1.54, 1.807) is 11.8 Å². The summed E-state index contributed by atoms with van der Waals surface area (Å²) in [4.78, 5) is 15.6. The van der Waals surface area contributed by atoms with Gasteiger partial charge in [-0.15, -0.1) is 24.2 Å². The SMILES string of the molecule is CC(Sc1ccc(Br)cc1)C(=O)N(C)C1CCNCC1.Cl. The number of nitrogens with one attached hydrogen (secondary N) is 1. The predicted molar refractivity (Wildman–Crippen MR) is 95.4 cm³/mol. The number of carbonyl (C=O) groups is 1. The summed E-state index contributed by atoms with van der Waals surface area (Å²) in [5.41, 5.74) is 0. The number of piperidine rings is 1. The molecule has 6 heteroatoms. The van der Waals surface area contributed by atoms with Crippen molar-refractivity contribution < 1.29 is 4.79 Å². The second-order valence-electron chi connectivity index (χ2n) is 5.14. The Labute approximate surface area is 145 Å². The molecule has 0 spiro atoms. The van der Waals surface area contributed by atoms with Gasteiger partial charge in [0, 0.05) is 22.5 Å². The van der Waals surface area contributed by atoms with E-state index >= 15 is 0 Å². The highest BCUT2D eigenvalue weighted by Crippen LogP contribution is 2.26. The van der Waals surface area contributed by atoms with Gasteiger partial charge in [0.25, 0.3) is 0 Å². The second kappa shape index (κ2) is 9.03. The van der Waals surface area contributed by atoms with Gasteiger partial charge in [-0.05, 0) is 57.1 Å². The summed E-state index contributed by atoms with van der Waals surface area (Å²) in [6, 6.07) is 8.50. The van der Waals surface area contributed by atoms with E-state index in [9.17, 15) is 4.79 Å². The third kappa shape index (κ3) is 5.47. The number of rotatable bonds is 4. The lowest BCUT2D eigenvalue weighted by molar-refractivity contribution is -0.131. The molecule has 1 atom stereocenters. The Balaban J connectivity index is 0.00000220. The minimum Gasteiger partial charge on any atom is -0.342 e. The number of thioether (sulfide) groups is 1. The normalized spacial score (nSPS) is 16.9. The molecule has 0 saturated carbocycles.